The zero-order valence-electron chi connectivity index (χ0n) is 9.76. The molecule has 2 heteroatoms. The van der Waals surface area contributed by atoms with E-state index in [1.807, 2.05) is 61.6 Å². The van der Waals surface area contributed by atoms with E-state index in [9.17, 15) is 4.79 Å². The fourth-order valence-corrected chi connectivity index (χ4v) is 1.62. The summed E-state index contributed by atoms with van der Waals surface area (Å²) in [6.45, 7) is 3.79. The molecule has 0 atom stereocenters. The van der Waals surface area contributed by atoms with Gasteiger partial charge in [-0.3, -0.25) is 4.79 Å². The Kier molecular flexibility index (Phi) is 3.15. The molecular formula is C15H14NO+. The predicted molar refractivity (Wildman–Crippen MR) is 69.3 cm³/mol. The molecule has 0 unspecified atom stereocenters. The second-order valence-electron chi connectivity index (χ2n) is 3.94. The van der Waals surface area contributed by atoms with Crippen molar-refractivity contribution in [2.75, 3.05) is 7.05 Å². The minimum atomic E-state index is 0.0452. The molecule has 0 radical (unpaired) electrons. The molecule has 2 aromatic rings. The normalized spacial score (nSPS) is 9.94. The van der Waals surface area contributed by atoms with Gasteiger partial charge in [-0.15, -0.1) is 0 Å². The number of benzene rings is 2. The Labute approximate surface area is 101 Å². The van der Waals surface area contributed by atoms with Crippen LogP contribution >= 0.6 is 0 Å². The minimum Gasteiger partial charge on any atom is -0.289 e. The van der Waals surface area contributed by atoms with Crippen molar-refractivity contribution in [2.24, 2.45) is 0 Å². The van der Waals surface area contributed by atoms with E-state index in [2.05, 4.69) is 6.72 Å². The summed E-state index contributed by atoms with van der Waals surface area (Å²) in [5.74, 6) is 0.0452. The van der Waals surface area contributed by atoms with Crippen LogP contribution in [-0.4, -0.2) is 24.1 Å². The summed E-state index contributed by atoms with van der Waals surface area (Å²) >= 11 is 0. The number of hydrogen-bond donors (Lipinski definition) is 0. The number of hydrogen-bond acceptors (Lipinski definition) is 1. The highest BCUT2D eigenvalue weighted by atomic mass is 16.1. The van der Waals surface area contributed by atoms with Gasteiger partial charge in [0.2, 0.25) is 5.69 Å². The smallest absolute Gasteiger partial charge is 0.204 e. The molecule has 0 saturated heterocycles. The largest absolute Gasteiger partial charge is 0.289 e. The summed E-state index contributed by atoms with van der Waals surface area (Å²) < 4.78 is 1.76. The van der Waals surface area contributed by atoms with Crippen LogP contribution in [0.3, 0.4) is 0 Å². The van der Waals surface area contributed by atoms with Crippen LogP contribution in [0.1, 0.15) is 15.9 Å². The lowest BCUT2D eigenvalue weighted by atomic mass is 10.0. The first-order valence-corrected chi connectivity index (χ1v) is 5.42. The van der Waals surface area contributed by atoms with Gasteiger partial charge in [0.15, 0.2) is 5.78 Å². The van der Waals surface area contributed by atoms with Gasteiger partial charge in [-0.25, -0.2) is 4.58 Å². The van der Waals surface area contributed by atoms with Crippen LogP contribution in [-0.2, 0) is 0 Å². The lowest BCUT2D eigenvalue weighted by Crippen LogP contribution is -2.01. The van der Waals surface area contributed by atoms with Gasteiger partial charge in [0.25, 0.3) is 0 Å². The lowest BCUT2D eigenvalue weighted by molar-refractivity contribution is -0.394. The van der Waals surface area contributed by atoms with Crippen molar-refractivity contribution in [1.82, 2.24) is 0 Å². The highest BCUT2D eigenvalue weighted by Crippen LogP contribution is 2.14. The SMILES string of the molecule is C=[N+](C)c1ccc(C(=O)c2ccccc2)cc1. The molecule has 0 aliphatic heterocycles. The number of rotatable bonds is 3. The van der Waals surface area contributed by atoms with E-state index in [4.69, 9.17) is 0 Å². The molecule has 0 spiro atoms. The number of ketones is 1. The van der Waals surface area contributed by atoms with Crippen molar-refractivity contribution in [1.29, 1.82) is 0 Å². The van der Waals surface area contributed by atoms with E-state index < -0.39 is 0 Å². The van der Waals surface area contributed by atoms with Crippen molar-refractivity contribution >= 4 is 18.2 Å². The van der Waals surface area contributed by atoms with E-state index in [1.54, 1.807) is 4.58 Å². The lowest BCUT2D eigenvalue weighted by Gasteiger charge is -2.01. The third kappa shape index (κ3) is 2.48. The van der Waals surface area contributed by atoms with Crippen molar-refractivity contribution in [2.45, 2.75) is 0 Å². The van der Waals surface area contributed by atoms with Crippen LogP contribution in [0.25, 0.3) is 0 Å². The van der Waals surface area contributed by atoms with Gasteiger partial charge < -0.3 is 0 Å². The molecule has 0 saturated carbocycles. The molecule has 0 aliphatic rings. The molecular weight excluding hydrogens is 210 g/mol. The van der Waals surface area contributed by atoms with E-state index in [-0.39, 0.29) is 5.78 Å². The fourth-order valence-electron chi connectivity index (χ4n) is 1.62. The molecule has 2 aromatic carbocycles. The topological polar surface area (TPSA) is 20.1 Å². The Morgan fingerprint density at radius 3 is 2.00 bits per heavy atom. The van der Waals surface area contributed by atoms with Crippen LogP contribution in [0.15, 0.2) is 54.6 Å². The third-order valence-electron chi connectivity index (χ3n) is 2.61. The van der Waals surface area contributed by atoms with Gasteiger partial charge in [0.1, 0.15) is 13.8 Å². The summed E-state index contributed by atoms with van der Waals surface area (Å²) in [7, 11) is 1.87. The maximum absolute atomic E-state index is 12.1. The van der Waals surface area contributed by atoms with Gasteiger partial charge >= 0.3 is 0 Å². The summed E-state index contributed by atoms with van der Waals surface area (Å²) in [4.78, 5) is 12.1. The molecule has 17 heavy (non-hydrogen) atoms. The molecule has 0 fully saturated rings. The number of nitrogens with zero attached hydrogens (tertiary/aromatic N) is 1. The average molecular weight is 224 g/mol. The minimum absolute atomic E-state index is 0.0452. The van der Waals surface area contributed by atoms with Crippen molar-refractivity contribution in [3.8, 4) is 0 Å². The molecule has 0 N–H and O–H groups in total. The number of carbonyl (C=O) groups excluding carboxylic acids is 1. The van der Waals surface area contributed by atoms with E-state index in [1.165, 1.54) is 0 Å². The second kappa shape index (κ2) is 4.74. The Balaban J connectivity index is 2.30. The third-order valence-corrected chi connectivity index (χ3v) is 2.61. The van der Waals surface area contributed by atoms with Gasteiger partial charge in [0, 0.05) is 23.3 Å². The predicted octanol–water partition coefficient (Wildman–Crippen LogP) is 2.89. The summed E-state index contributed by atoms with van der Waals surface area (Å²) in [6, 6.07) is 16.7. The van der Waals surface area contributed by atoms with E-state index in [0.717, 1.165) is 5.69 Å². The monoisotopic (exact) mass is 224 g/mol. The molecule has 0 amide bonds. The van der Waals surface area contributed by atoms with E-state index >= 15 is 0 Å². The Morgan fingerprint density at radius 1 is 0.941 bits per heavy atom. The van der Waals surface area contributed by atoms with Gasteiger partial charge in [-0.1, -0.05) is 30.3 Å². The first-order valence-electron chi connectivity index (χ1n) is 5.42. The van der Waals surface area contributed by atoms with E-state index in [0.29, 0.717) is 11.1 Å². The summed E-state index contributed by atoms with van der Waals surface area (Å²) in [5.41, 5.74) is 2.39. The Bertz CT molecular complexity index is 541. The van der Waals surface area contributed by atoms with Crippen molar-refractivity contribution in [3.63, 3.8) is 0 Å². The fraction of sp³-hybridized carbons (Fsp3) is 0.0667. The molecule has 2 nitrogen and oxygen atoms in total. The molecule has 2 rings (SSSR count). The van der Waals surface area contributed by atoms with Crippen LogP contribution in [0.5, 0.6) is 0 Å². The van der Waals surface area contributed by atoms with Gasteiger partial charge in [-0.2, -0.15) is 0 Å². The van der Waals surface area contributed by atoms with Crippen LogP contribution < -0.4 is 0 Å². The Morgan fingerprint density at radius 2 is 1.47 bits per heavy atom. The molecule has 84 valence electrons. The zero-order chi connectivity index (χ0) is 12.3. The second-order valence-corrected chi connectivity index (χ2v) is 3.94. The van der Waals surface area contributed by atoms with Crippen LogP contribution in [0, 0.1) is 0 Å². The average Bonchev–Trinajstić information content (AvgIpc) is 2.39. The number of carbonyl (C=O) groups is 1. The van der Waals surface area contributed by atoms with Crippen molar-refractivity contribution in [3.05, 3.63) is 65.7 Å². The Hall–Kier alpha value is -2.22. The molecule has 0 aromatic heterocycles. The summed E-state index contributed by atoms with van der Waals surface area (Å²) in [6.07, 6.45) is 0. The molecule has 0 aliphatic carbocycles. The van der Waals surface area contributed by atoms with Gasteiger partial charge in [0.05, 0.1) is 0 Å². The zero-order valence-corrected chi connectivity index (χ0v) is 9.76. The van der Waals surface area contributed by atoms with Crippen molar-refractivity contribution < 1.29 is 9.37 Å². The first-order chi connectivity index (χ1) is 8.18. The van der Waals surface area contributed by atoms with Crippen LogP contribution in [0.2, 0.25) is 0 Å². The molecule has 0 heterocycles. The van der Waals surface area contributed by atoms with Gasteiger partial charge in [-0.05, 0) is 12.1 Å². The highest BCUT2D eigenvalue weighted by molar-refractivity contribution is 6.09. The van der Waals surface area contributed by atoms with Crippen LogP contribution in [0.4, 0.5) is 5.69 Å². The standard InChI is InChI=1S/C15H14NO/c1-16(2)14-10-8-13(9-11-14)15(17)12-6-4-3-5-7-12/h3-11H,1H2,2H3/q+1. The maximum Gasteiger partial charge on any atom is 0.204 e. The maximum atomic E-state index is 12.1. The molecule has 0 bridgehead atoms. The first kappa shape index (κ1) is 11.3. The summed E-state index contributed by atoms with van der Waals surface area (Å²) in [5, 5.41) is 0. The quantitative estimate of drug-likeness (QED) is 0.446. The highest BCUT2D eigenvalue weighted by Gasteiger charge is 2.09.